The molecule has 1 N–H and O–H groups in total. The van der Waals surface area contributed by atoms with Crippen LogP contribution in [0.25, 0.3) is 39.1 Å². The molecule has 0 saturated carbocycles. The molecule has 0 atom stereocenters. The van der Waals surface area contributed by atoms with Gasteiger partial charge < -0.3 is 4.40 Å². The summed E-state index contributed by atoms with van der Waals surface area (Å²) < 4.78 is 2.14. The van der Waals surface area contributed by atoms with E-state index in [-0.39, 0.29) is 0 Å². The van der Waals surface area contributed by atoms with Crippen molar-refractivity contribution in [3.8, 4) is 22.5 Å². The molecule has 0 amide bonds. The van der Waals surface area contributed by atoms with Gasteiger partial charge in [0.15, 0.2) is 5.82 Å². The molecule has 25 heavy (non-hydrogen) atoms. The normalized spacial score (nSPS) is 11.4. The minimum atomic E-state index is 0.715. The molecule has 5 nitrogen and oxygen atoms in total. The first-order valence-corrected chi connectivity index (χ1v) is 8.19. The average Bonchev–Trinajstić information content (AvgIpc) is 3.28. The summed E-state index contributed by atoms with van der Waals surface area (Å²) in [5.41, 5.74) is 6.21. The van der Waals surface area contributed by atoms with Gasteiger partial charge in [-0.15, -0.1) is 0 Å². The number of aromatic amines is 1. The van der Waals surface area contributed by atoms with E-state index in [0.29, 0.717) is 5.02 Å². The van der Waals surface area contributed by atoms with E-state index in [1.165, 1.54) is 6.33 Å². The Hall–Kier alpha value is -3.18. The molecule has 120 valence electrons. The largest absolute Gasteiger partial charge is 0.314 e. The molecule has 1 aromatic carbocycles. The summed E-state index contributed by atoms with van der Waals surface area (Å²) in [5.74, 6) is 0.739. The van der Waals surface area contributed by atoms with Gasteiger partial charge in [-0.2, -0.15) is 5.10 Å². The molecule has 0 aliphatic carbocycles. The molecule has 0 saturated heterocycles. The van der Waals surface area contributed by atoms with Gasteiger partial charge in [0.25, 0.3) is 0 Å². The van der Waals surface area contributed by atoms with Crippen LogP contribution in [0.1, 0.15) is 0 Å². The zero-order valence-corrected chi connectivity index (χ0v) is 13.8. The fourth-order valence-corrected chi connectivity index (χ4v) is 3.33. The highest BCUT2D eigenvalue weighted by Crippen LogP contribution is 2.35. The Balaban J connectivity index is 1.88. The highest BCUT2D eigenvalue weighted by Gasteiger charge is 2.15. The maximum atomic E-state index is 6.06. The van der Waals surface area contributed by atoms with Crippen LogP contribution in [0.5, 0.6) is 0 Å². The first-order chi connectivity index (χ1) is 12.3. The number of fused-ring (bicyclic) bond motifs is 3. The molecule has 4 aromatic heterocycles. The lowest BCUT2D eigenvalue weighted by Crippen LogP contribution is -1.87. The first-order valence-electron chi connectivity index (χ1n) is 7.82. The second kappa shape index (κ2) is 5.43. The van der Waals surface area contributed by atoms with Gasteiger partial charge in [0, 0.05) is 28.5 Å². The van der Waals surface area contributed by atoms with E-state index in [2.05, 4.69) is 36.7 Å². The monoisotopic (exact) mass is 345 g/mol. The van der Waals surface area contributed by atoms with E-state index in [0.717, 1.165) is 39.1 Å². The Morgan fingerprint density at radius 1 is 0.920 bits per heavy atom. The van der Waals surface area contributed by atoms with Gasteiger partial charge in [0.05, 0.1) is 16.6 Å². The standard InChI is InChI=1S/C19H12ClN5/c20-14-5-3-12(4-6-14)17-16-10-13(19-22-11-23-24-19)7-9-25(16)15-2-1-8-21-18(15)17/h1-11H,(H,22,23,24). The lowest BCUT2D eigenvalue weighted by Gasteiger charge is -2.03. The van der Waals surface area contributed by atoms with Gasteiger partial charge in [0.1, 0.15) is 6.33 Å². The van der Waals surface area contributed by atoms with E-state index in [1.807, 2.05) is 48.8 Å². The Kier molecular flexibility index (Phi) is 3.08. The number of hydrogen-bond donors (Lipinski definition) is 1. The van der Waals surface area contributed by atoms with Crippen LogP contribution in [-0.2, 0) is 0 Å². The van der Waals surface area contributed by atoms with Crippen LogP contribution in [0.15, 0.2) is 67.3 Å². The molecule has 0 aliphatic heterocycles. The Morgan fingerprint density at radius 2 is 1.80 bits per heavy atom. The number of nitrogens with one attached hydrogen (secondary N) is 1. The summed E-state index contributed by atoms with van der Waals surface area (Å²) >= 11 is 6.06. The minimum Gasteiger partial charge on any atom is -0.314 e. The van der Waals surface area contributed by atoms with Gasteiger partial charge in [-0.05, 0) is 42.0 Å². The molecular formula is C19H12ClN5. The molecule has 5 aromatic rings. The second-order valence-corrected chi connectivity index (χ2v) is 6.19. The van der Waals surface area contributed by atoms with Gasteiger partial charge in [0.2, 0.25) is 0 Å². The molecular weight excluding hydrogens is 334 g/mol. The Morgan fingerprint density at radius 3 is 2.60 bits per heavy atom. The number of nitrogens with zero attached hydrogens (tertiary/aromatic N) is 4. The summed E-state index contributed by atoms with van der Waals surface area (Å²) in [6, 6.07) is 16.0. The fourth-order valence-electron chi connectivity index (χ4n) is 3.20. The average molecular weight is 346 g/mol. The third-order valence-electron chi connectivity index (χ3n) is 4.32. The van der Waals surface area contributed by atoms with Crippen LogP contribution in [0.3, 0.4) is 0 Å². The van der Waals surface area contributed by atoms with Gasteiger partial charge >= 0.3 is 0 Å². The summed E-state index contributed by atoms with van der Waals surface area (Å²) in [6.45, 7) is 0. The SMILES string of the molecule is Clc1ccc(-c2c3ncccc3n3ccc(-c4ncn[nH]4)cc23)cc1. The predicted octanol–water partition coefficient (Wildman–Crippen LogP) is 4.59. The molecule has 6 heteroatoms. The van der Waals surface area contributed by atoms with Crippen molar-refractivity contribution in [2.24, 2.45) is 0 Å². The van der Waals surface area contributed by atoms with Gasteiger partial charge in [-0.1, -0.05) is 23.7 Å². The van der Waals surface area contributed by atoms with E-state index >= 15 is 0 Å². The van der Waals surface area contributed by atoms with Crippen molar-refractivity contribution in [1.82, 2.24) is 24.6 Å². The molecule has 5 rings (SSSR count). The van der Waals surface area contributed by atoms with Crippen molar-refractivity contribution in [2.45, 2.75) is 0 Å². The van der Waals surface area contributed by atoms with E-state index in [9.17, 15) is 0 Å². The lowest BCUT2D eigenvalue weighted by atomic mass is 10.0. The fraction of sp³-hybridized carbons (Fsp3) is 0. The summed E-state index contributed by atoms with van der Waals surface area (Å²) in [7, 11) is 0. The number of hydrogen-bond acceptors (Lipinski definition) is 3. The first kappa shape index (κ1) is 14.2. The van der Waals surface area contributed by atoms with Crippen LogP contribution >= 0.6 is 11.6 Å². The zero-order chi connectivity index (χ0) is 16.8. The maximum absolute atomic E-state index is 6.06. The number of H-pyrrole nitrogens is 1. The van der Waals surface area contributed by atoms with E-state index in [4.69, 9.17) is 11.6 Å². The topological polar surface area (TPSA) is 58.9 Å². The van der Waals surface area contributed by atoms with Crippen LogP contribution < -0.4 is 0 Å². The Labute approximate surface area is 147 Å². The zero-order valence-electron chi connectivity index (χ0n) is 13.0. The van der Waals surface area contributed by atoms with E-state index in [1.54, 1.807) is 0 Å². The highest BCUT2D eigenvalue weighted by atomic mass is 35.5. The molecule has 0 aliphatic rings. The van der Waals surface area contributed by atoms with Crippen molar-refractivity contribution in [3.05, 3.63) is 72.3 Å². The van der Waals surface area contributed by atoms with Crippen molar-refractivity contribution in [3.63, 3.8) is 0 Å². The van der Waals surface area contributed by atoms with Crippen LogP contribution in [-0.4, -0.2) is 24.6 Å². The van der Waals surface area contributed by atoms with Gasteiger partial charge in [-0.3, -0.25) is 10.1 Å². The molecule has 0 radical (unpaired) electrons. The second-order valence-electron chi connectivity index (χ2n) is 5.76. The summed E-state index contributed by atoms with van der Waals surface area (Å²) in [4.78, 5) is 8.87. The van der Waals surface area contributed by atoms with Crippen molar-refractivity contribution in [1.29, 1.82) is 0 Å². The van der Waals surface area contributed by atoms with E-state index < -0.39 is 0 Å². The molecule has 0 fully saturated rings. The number of benzene rings is 1. The number of aromatic nitrogens is 5. The van der Waals surface area contributed by atoms with Gasteiger partial charge in [-0.25, -0.2) is 4.98 Å². The lowest BCUT2D eigenvalue weighted by molar-refractivity contribution is 1.09. The molecule has 4 heterocycles. The third-order valence-corrected chi connectivity index (χ3v) is 4.57. The molecule has 0 spiro atoms. The van der Waals surface area contributed by atoms with Crippen molar-refractivity contribution >= 4 is 28.2 Å². The van der Waals surface area contributed by atoms with Crippen LogP contribution in [0.4, 0.5) is 0 Å². The number of rotatable bonds is 2. The quantitative estimate of drug-likeness (QED) is 0.509. The summed E-state index contributed by atoms with van der Waals surface area (Å²) in [5, 5.41) is 7.57. The van der Waals surface area contributed by atoms with Crippen molar-refractivity contribution < 1.29 is 0 Å². The smallest absolute Gasteiger partial charge is 0.155 e. The summed E-state index contributed by atoms with van der Waals surface area (Å²) in [6.07, 6.45) is 5.37. The molecule has 0 bridgehead atoms. The highest BCUT2D eigenvalue weighted by molar-refractivity contribution is 6.30. The Bertz CT molecular complexity index is 1190. The minimum absolute atomic E-state index is 0.715. The number of halogens is 1. The number of pyridine rings is 2. The van der Waals surface area contributed by atoms with Crippen molar-refractivity contribution in [2.75, 3.05) is 0 Å². The van der Waals surface area contributed by atoms with Crippen LogP contribution in [0, 0.1) is 0 Å². The predicted molar refractivity (Wildman–Crippen MR) is 98.5 cm³/mol. The maximum Gasteiger partial charge on any atom is 0.155 e. The third kappa shape index (κ3) is 2.21. The van der Waals surface area contributed by atoms with Crippen LogP contribution in [0.2, 0.25) is 5.02 Å². The molecule has 0 unspecified atom stereocenters.